The molecule has 1 N–H and O–H groups in total. The first-order valence-corrected chi connectivity index (χ1v) is 14.0. The average Bonchev–Trinajstić information content (AvgIpc) is 3.72. The van der Waals surface area contributed by atoms with E-state index in [2.05, 4.69) is 25.3 Å². The Kier molecular flexibility index (Phi) is 9.62. The van der Waals surface area contributed by atoms with Gasteiger partial charge >= 0.3 is 0 Å². The Hall–Kier alpha value is -3.82. The Morgan fingerprint density at radius 2 is 1.82 bits per heavy atom. The van der Waals surface area contributed by atoms with Crippen LogP contribution in [0, 0.1) is 12.7 Å². The average molecular weight is 565 g/mol. The summed E-state index contributed by atoms with van der Waals surface area (Å²) in [6.45, 7) is 7.53. The van der Waals surface area contributed by atoms with Crippen molar-refractivity contribution < 1.29 is 9.18 Å². The van der Waals surface area contributed by atoms with E-state index >= 15 is 0 Å². The van der Waals surface area contributed by atoms with Crippen LogP contribution in [0.2, 0.25) is 5.02 Å². The number of hydrogen-bond acceptors (Lipinski definition) is 6. The maximum Gasteiger partial charge on any atom is 0.271 e. The van der Waals surface area contributed by atoms with Crippen molar-refractivity contribution in [3.63, 3.8) is 0 Å². The molecule has 0 saturated carbocycles. The molecule has 0 aliphatic carbocycles. The first kappa shape index (κ1) is 28.2. The summed E-state index contributed by atoms with van der Waals surface area (Å²) < 4.78 is 13.7. The zero-order valence-corrected chi connectivity index (χ0v) is 23.6. The molecule has 4 heterocycles. The number of anilines is 1. The van der Waals surface area contributed by atoms with Gasteiger partial charge in [-0.05, 0) is 49.7 Å². The van der Waals surface area contributed by atoms with Crippen molar-refractivity contribution in [3.8, 4) is 10.6 Å². The largest absolute Gasteiger partial charge is 0.353 e. The van der Waals surface area contributed by atoms with Crippen LogP contribution in [0.3, 0.4) is 0 Å². The van der Waals surface area contributed by atoms with Gasteiger partial charge in [-0.2, -0.15) is 0 Å². The highest BCUT2D eigenvalue weighted by Crippen LogP contribution is 2.25. The molecule has 2 aromatic carbocycles. The Morgan fingerprint density at radius 1 is 1.08 bits per heavy atom. The molecule has 1 fully saturated rings. The van der Waals surface area contributed by atoms with Crippen molar-refractivity contribution in [1.82, 2.24) is 24.9 Å². The monoisotopic (exact) mass is 564 g/mol. The summed E-state index contributed by atoms with van der Waals surface area (Å²) in [6, 6.07) is 19.4. The minimum absolute atomic E-state index is 0.0552. The molecule has 7 nitrogen and oxygen atoms in total. The summed E-state index contributed by atoms with van der Waals surface area (Å²) in [5, 5.41) is 11.1. The third-order valence-electron chi connectivity index (χ3n) is 5.93. The summed E-state index contributed by atoms with van der Waals surface area (Å²) in [5.41, 5.74) is 3.22. The number of thiazole rings is 1. The van der Waals surface area contributed by atoms with E-state index in [1.54, 1.807) is 23.6 Å². The van der Waals surface area contributed by atoms with Crippen molar-refractivity contribution in [2.75, 3.05) is 18.0 Å². The van der Waals surface area contributed by atoms with Crippen LogP contribution in [0.1, 0.15) is 36.5 Å². The second-order valence-electron chi connectivity index (χ2n) is 8.61. The third-order valence-corrected chi connectivity index (χ3v) is 7.07. The third kappa shape index (κ3) is 7.19. The van der Waals surface area contributed by atoms with Gasteiger partial charge in [0.1, 0.15) is 22.3 Å². The first-order chi connectivity index (χ1) is 19.0. The molecule has 0 bridgehead atoms. The number of nitrogens with one attached hydrogen (secondary N) is 1. The fourth-order valence-electron chi connectivity index (χ4n) is 4.01. The Morgan fingerprint density at radius 3 is 2.51 bits per heavy atom. The lowest BCUT2D eigenvalue weighted by atomic mass is 10.2. The molecule has 0 unspecified atom stereocenters. The molecule has 5 aromatic rings. The van der Waals surface area contributed by atoms with Crippen LogP contribution in [-0.4, -0.2) is 44.6 Å². The van der Waals surface area contributed by atoms with E-state index in [0.29, 0.717) is 17.3 Å². The molecule has 1 saturated heterocycles. The number of amides is 1. The van der Waals surface area contributed by atoms with Gasteiger partial charge in [0, 0.05) is 35.1 Å². The first-order valence-electron chi connectivity index (χ1n) is 12.8. The van der Waals surface area contributed by atoms with Gasteiger partial charge in [-0.1, -0.05) is 55.8 Å². The van der Waals surface area contributed by atoms with Crippen molar-refractivity contribution in [3.05, 3.63) is 101 Å². The summed E-state index contributed by atoms with van der Waals surface area (Å²) in [6.07, 6.45) is 2.67. The number of rotatable bonds is 4. The molecule has 10 heteroatoms. The molecule has 1 aliphatic heterocycles. The number of carbonyl (C=O) groups is 1. The molecule has 6 rings (SSSR count). The zero-order valence-electron chi connectivity index (χ0n) is 22.0. The second kappa shape index (κ2) is 13.3. The highest BCUT2D eigenvalue weighted by Gasteiger charge is 2.26. The molecule has 0 radical (unpaired) electrons. The summed E-state index contributed by atoms with van der Waals surface area (Å²) in [5.74, 6) is 0.564. The fraction of sp³-hybridized carbons (Fsp3) is 0.241. The normalized spacial score (nSPS) is 14.3. The Labute approximate surface area is 236 Å². The molecule has 0 spiro atoms. The predicted molar refractivity (Wildman–Crippen MR) is 156 cm³/mol. The van der Waals surface area contributed by atoms with E-state index in [9.17, 15) is 9.18 Å². The number of halogens is 2. The van der Waals surface area contributed by atoms with Crippen molar-refractivity contribution in [2.45, 2.75) is 33.2 Å². The maximum absolute atomic E-state index is 12.7. The lowest BCUT2D eigenvalue weighted by Crippen LogP contribution is -2.37. The standard InChI is InChI=1S/C21H19ClN6OS.C6H5F.C2H6/c1-13-10-23-18-6-7-19(26-28(13)18)27-9-8-16(11-27)24-20(29)17-12-30-21(25-17)14-2-4-15(22)5-3-14;7-6-4-2-1-3-5-6;1-2/h2-7,10,12,16H,8-9,11H2,1H3,(H,24,29);1-5H;1-2H3/t16-;;/m0../s1. The second-order valence-corrected chi connectivity index (χ2v) is 9.90. The van der Waals surface area contributed by atoms with Gasteiger partial charge in [0.25, 0.3) is 5.91 Å². The number of carbonyl (C=O) groups excluding carboxylic acids is 1. The zero-order chi connectivity index (χ0) is 27.8. The van der Waals surface area contributed by atoms with Gasteiger partial charge in [-0.3, -0.25) is 4.79 Å². The van der Waals surface area contributed by atoms with Crippen molar-refractivity contribution in [1.29, 1.82) is 0 Å². The SMILES string of the molecule is CC.Cc1cnc2ccc(N3CC[C@H](NC(=O)c4csc(-c5ccc(Cl)cc5)n4)C3)nn12.Fc1ccccc1. The van der Waals surface area contributed by atoms with Gasteiger partial charge in [0.05, 0.1) is 11.9 Å². The van der Waals surface area contributed by atoms with Crippen molar-refractivity contribution >= 4 is 40.3 Å². The number of hydrogen-bond donors (Lipinski definition) is 1. The highest BCUT2D eigenvalue weighted by molar-refractivity contribution is 7.13. The quantitative estimate of drug-likeness (QED) is 0.264. The van der Waals surface area contributed by atoms with E-state index < -0.39 is 0 Å². The molecular formula is C29H30ClFN6OS. The summed E-state index contributed by atoms with van der Waals surface area (Å²) >= 11 is 7.39. The number of benzene rings is 2. The van der Waals surface area contributed by atoms with Gasteiger partial charge in [-0.15, -0.1) is 16.4 Å². The molecule has 1 atom stereocenters. The van der Waals surface area contributed by atoms with Crippen LogP contribution in [0.4, 0.5) is 10.2 Å². The Balaban J connectivity index is 0.000000338. The van der Waals surface area contributed by atoms with Crippen LogP contribution in [-0.2, 0) is 0 Å². The minimum Gasteiger partial charge on any atom is -0.353 e. The topological polar surface area (TPSA) is 75.4 Å². The molecule has 1 amide bonds. The highest BCUT2D eigenvalue weighted by atomic mass is 35.5. The van der Waals surface area contributed by atoms with Gasteiger partial charge in [0.15, 0.2) is 5.65 Å². The van der Waals surface area contributed by atoms with Crippen LogP contribution in [0.5, 0.6) is 0 Å². The van der Waals surface area contributed by atoms with E-state index in [1.165, 1.54) is 23.5 Å². The molecule has 1 aliphatic rings. The van der Waals surface area contributed by atoms with E-state index in [4.69, 9.17) is 11.6 Å². The smallest absolute Gasteiger partial charge is 0.271 e. The maximum atomic E-state index is 12.7. The molecule has 202 valence electrons. The number of imidazole rings is 1. The Bertz CT molecular complexity index is 1510. The van der Waals surface area contributed by atoms with E-state index in [0.717, 1.165) is 40.7 Å². The number of aromatic nitrogens is 4. The fourth-order valence-corrected chi connectivity index (χ4v) is 4.94. The molecule has 3 aromatic heterocycles. The summed E-state index contributed by atoms with van der Waals surface area (Å²) in [7, 11) is 0. The van der Waals surface area contributed by atoms with Gasteiger partial charge < -0.3 is 10.2 Å². The van der Waals surface area contributed by atoms with E-state index in [-0.39, 0.29) is 17.8 Å². The number of fused-ring (bicyclic) bond motifs is 1. The number of nitrogens with zero attached hydrogens (tertiary/aromatic N) is 5. The minimum atomic E-state index is -0.178. The predicted octanol–water partition coefficient (Wildman–Crippen LogP) is 6.68. The van der Waals surface area contributed by atoms with Gasteiger partial charge in [0.2, 0.25) is 0 Å². The van der Waals surface area contributed by atoms with Gasteiger partial charge in [-0.25, -0.2) is 18.9 Å². The van der Waals surface area contributed by atoms with Crippen LogP contribution in [0.15, 0.2) is 78.3 Å². The molecular weight excluding hydrogens is 535 g/mol. The van der Waals surface area contributed by atoms with Crippen LogP contribution < -0.4 is 10.2 Å². The van der Waals surface area contributed by atoms with E-state index in [1.807, 2.05) is 67.9 Å². The van der Waals surface area contributed by atoms with Crippen molar-refractivity contribution in [2.24, 2.45) is 0 Å². The number of aryl methyl sites for hydroxylation is 1. The van der Waals surface area contributed by atoms with Crippen LogP contribution in [0.25, 0.3) is 16.2 Å². The lowest BCUT2D eigenvalue weighted by Gasteiger charge is -2.18. The summed E-state index contributed by atoms with van der Waals surface area (Å²) in [4.78, 5) is 23.7. The molecule has 39 heavy (non-hydrogen) atoms. The lowest BCUT2D eigenvalue weighted by molar-refractivity contribution is 0.0936. The van der Waals surface area contributed by atoms with Crippen LogP contribution >= 0.6 is 22.9 Å².